The van der Waals surface area contributed by atoms with Gasteiger partial charge < -0.3 is 0 Å². The first-order chi connectivity index (χ1) is 9.88. The Morgan fingerprint density at radius 3 is 2.67 bits per heavy atom. The Morgan fingerprint density at radius 1 is 1.33 bits per heavy atom. The van der Waals surface area contributed by atoms with E-state index < -0.39 is 22.4 Å². The molecule has 21 heavy (non-hydrogen) atoms. The molecule has 2 rings (SSSR count). The molecule has 0 atom stereocenters. The van der Waals surface area contributed by atoms with Crippen LogP contribution in [0.15, 0.2) is 40.8 Å². The molecule has 1 aromatic carbocycles. The molecule has 0 aliphatic carbocycles. The maximum Gasteiger partial charge on any atom is 0.416 e. The van der Waals surface area contributed by atoms with Crippen LogP contribution in [0, 0.1) is 10.1 Å². The zero-order valence-corrected chi connectivity index (χ0v) is 11.1. The van der Waals surface area contributed by atoms with E-state index in [0.717, 1.165) is 17.0 Å². The van der Waals surface area contributed by atoms with Gasteiger partial charge in [0.15, 0.2) is 0 Å². The fraction of sp³-hybridized carbons (Fsp3) is 0.0833. The number of hydrogen-bond donors (Lipinski definition) is 1. The molecule has 0 aliphatic heterocycles. The molecule has 5 nitrogen and oxygen atoms in total. The molecule has 1 N–H and O–H groups in total. The molecule has 9 heteroatoms. The third-order valence-corrected chi connectivity index (χ3v) is 3.25. The van der Waals surface area contributed by atoms with E-state index >= 15 is 0 Å². The van der Waals surface area contributed by atoms with Gasteiger partial charge in [-0.25, -0.2) is 0 Å². The Bertz CT molecular complexity index is 669. The Morgan fingerprint density at radius 2 is 2.10 bits per heavy atom. The Labute approximate surface area is 120 Å². The van der Waals surface area contributed by atoms with Crippen LogP contribution in [0.2, 0.25) is 0 Å². The minimum atomic E-state index is -4.64. The van der Waals surface area contributed by atoms with E-state index in [2.05, 4.69) is 10.5 Å². The predicted octanol–water partition coefficient (Wildman–Crippen LogP) is 4.12. The summed E-state index contributed by atoms with van der Waals surface area (Å²) in [4.78, 5) is 10.8. The monoisotopic (exact) mass is 315 g/mol. The average molecular weight is 315 g/mol. The van der Waals surface area contributed by atoms with Crippen molar-refractivity contribution in [2.24, 2.45) is 5.10 Å². The number of alkyl halides is 3. The van der Waals surface area contributed by atoms with Gasteiger partial charge in [-0.1, -0.05) is 6.07 Å². The molecule has 0 fully saturated rings. The fourth-order valence-corrected chi connectivity index (χ4v) is 2.07. The summed E-state index contributed by atoms with van der Waals surface area (Å²) in [5.74, 6) is 0. The highest BCUT2D eigenvalue weighted by Gasteiger charge is 2.33. The molecule has 0 bridgehead atoms. The minimum absolute atomic E-state index is 0.110. The average Bonchev–Trinajstić information content (AvgIpc) is 2.90. The Hall–Kier alpha value is -2.42. The van der Waals surface area contributed by atoms with E-state index in [1.807, 2.05) is 5.38 Å². The lowest BCUT2D eigenvalue weighted by molar-refractivity contribution is -0.384. The molecule has 1 aromatic heterocycles. The summed E-state index contributed by atoms with van der Waals surface area (Å²) < 4.78 is 37.6. The number of halogens is 3. The van der Waals surface area contributed by atoms with Gasteiger partial charge in [-0.05, 0) is 23.6 Å². The van der Waals surface area contributed by atoms with Crippen LogP contribution in [0.5, 0.6) is 0 Å². The molecule has 110 valence electrons. The molecule has 2 aromatic rings. The van der Waals surface area contributed by atoms with Crippen molar-refractivity contribution in [3.8, 4) is 0 Å². The molecular formula is C12H8F3N3O2S. The second kappa shape index (κ2) is 5.92. The zero-order chi connectivity index (χ0) is 15.5. The highest BCUT2D eigenvalue weighted by molar-refractivity contribution is 7.11. The molecule has 0 spiro atoms. The quantitative estimate of drug-likeness (QED) is 0.524. The molecule has 0 saturated carbocycles. The summed E-state index contributed by atoms with van der Waals surface area (Å²) in [6.07, 6.45) is -3.21. The van der Waals surface area contributed by atoms with Gasteiger partial charge in [0.25, 0.3) is 5.69 Å². The van der Waals surface area contributed by atoms with Gasteiger partial charge in [0, 0.05) is 10.9 Å². The lowest BCUT2D eigenvalue weighted by Gasteiger charge is -2.08. The summed E-state index contributed by atoms with van der Waals surface area (Å²) >= 11 is 1.40. The van der Waals surface area contributed by atoms with E-state index in [9.17, 15) is 23.3 Å². The van der Waals surface area contributed by atoms with Gasteiger partial charge in [-0.3, -0.25) is 15.5 Å². The molecule has 0 saturated heterocycles. The lowest BCUT2D eigenvalue weighted by Crippen LogP contribution is -2.06. The molecule has 0 unspecified atom stereocenters. The number of thiophene rings is 1. The van der Waals surface area contributed by atoms with Crippen LogP contribution in [0.3, 0.4) is 0 Å². The highest BCUT2D eigenvalue weighted by atomic mass is 32.1. The van der Waals surface area contributed by atoms with Crippen molar-refractivity contribution in [1.29, 1.82) is 0 Å². The van der Waals surface area contributed by atoms with Crippen molar-refractivity contribution >= 4 is 28.9 Å². The number of nitrogens with one attached hydrogen (secondary N) is 1. The van der Waals surface area contributed by atoms with Crippen molar-refractivity contribution in [3.05, 3.63) is 56.3 Å². The van der Waals surface area contributed by atoms with Crippen molar-refractivity contribution < 1.29 is 18.1 Å². The first-order valence-corrected chi connectivity index (χ1v) is 6.44. The number of nitro benzene ring substituents is 1. The number of nitro groups is 1. The van der Waals surface area contributed by atoms with E-state index in [0.29, 0.717) is 6.07 Å². The van der Waals surface area contributed by atoms with Crippen molar-refractivity contribution in [2.75, 3.05) is 5.43 Å². The number of rotatable bonds is 4. The molecule has 0 aliphatic rings. The number of hydrogen-bond acceptors (Lipinski definition) is 5. The first kappa shape index (κ1) is 15.0. The van der Waals surface area contributed by atoms with Gasteiger partial charge in [-0.15, -0.1) is 11.3 Å². The van der Waals surface area contributed by atoms with Crippen molar-refractivity contribution in [2.45, 2.75) is 6.18 Å². The maximum atomic E-state index is 12.5. The van der Waals surface area contributed by atoms with Crippen LogP contribution in [0.1, 0.15) is 10.4 Å². The third-order valence-electron chi connectivity index (χ3n) is 2.44. The van der Waals surface area contributed by atoms with Gasteiger partial charge in [-0.2, -0.15) is 18.3 Å². The highest BCUT2D eigenvalue weighted by Crippen LogP contribution is 2.34. The Balaban J connectivity index is 2.25. The number of anilines is 1. The summed E-state index contributed by atoms with van der Waals surface area (Å²) in [7, 11) is 0. The van der Waals surface area contributed by atoms with E-state index in [1.165, 1.54) is 17.6 Å². The lowest BCUT2D eigenvalue weighted by atomic mass is 10.1. The van der Waals surface area contributed by atoms with Gasteiger partial charge in [0.1, 0.15) is 5.69 Å². The summed E-state index contributed by atoms with van der Waals surface area (Å²) in [5, 5.41) is 16.4. The predicted molar refractivity (Wildman–Crippen MR) is 73.6 cm³/mol. The summed E-state index contributed by atoms with van der Waals surface area (Å²) in [5.41, 5.74) is 0.500. The van der Waals surface area contributed by atoms with E-state index in [-0.39, 0.29) is 5.69 Å². The largest absolute Gasteiger partial charge is 0.416 e. The molecule has 1 heterocycles. The Kier molecular flexibility index (Phi) is 4.22. The van der Waals surface area contributed by atoms with E-state index in [1.54, 1.807) is 12.1 Å². The normalized spacial score (nSPS) is 11.8. The smallest absolute Gasteiger partial charge is 0.272 e. The van der Waals surface area contributed by atoms with Crippen LogP contribution in [0.25, 0.3) is 0 Å². The van der Waals surface area contributed by atoms with Crippen LogP contribution < -0.4 is 5.43 Å². The van der Waals surface area contributed by atoms with Gasteiger partial charge in [0.05, 0.1) is 16.7 Å². The number of benzene rings is 1. The minimum Gasteiger partial charge on any atom is -0.272 e. The zero-order valence-electron chi connectivity index (χ0n) is 10.3. The van der Waals surface area contributed by atoms with Gasteiger partial charge in [0.2, 0.25) is 0 Å². The first-order valence-electron chi connectivity index (χ1n) is 5.56. The second-order valence-electron chi connectivity index (χ2n) is 3.87. The summed E-state index contributed by atoms with van der Waals surface area (Å²) in [6, 6.07) is 5.79. The van der Waals surface area contributed by atoms with Crippen LogP contribution in [-0.2, 0) is 6.18 Å². The standard InChI is InChI=1S/C12H8F3N3O2S/c13-12(14,15)8-3-4-10(11(6-8)18(19)20)17-16-7-9-2-1-5-21-9/h1-7,17H/b16-7-. The molecular weight excluding hydrogens is 307 g/mol. The molecule has 0 amide bonds. The SMILES string of the molecule is O=[N+]([O-])c1cc(C(F)(F)F)ccc1N/N=C\c1cccs1. The van der Waals surface area contributed by atoms with Crippen molar-refractivity contribution in [1.82, 2.24) is 0 Å². The third kappa shape index (κ3) is 3.78. The maximum absolute atomic E-state index is 12.5. The second-order valence-corrected chi connectivity index (χ2v) is 4.85. The fourth-order valence-electron chi connectivity index (χ4n) is 1.48. The molecule has 0 radical (unpaired) electrons. The summed E-state index contributed by atoms with van der Waals surface area (Å²) in [6.45, 7) is 0. The van der Waals surface area contributed by atoms with Crippen LogP contribution in [0.4, 0.5) is 24.5 Å². The number of nitrogens with zero attached hydrogens (tertiary/aromatic N) is 2. The number of hydrazone groups is 1. The van der Waals surface area contributed by atoms with Crippen LogP contribution >= 0.6 is 11.3 Å². The van der Waals surface area contributed by atoms with Crippen LogP contribution in [-0.4, -0.2) is 11.1 Å². The topological polar surface area (TPSA) is 67.5 Å². The van der Waals surface area contributed by atoms with Crippen molar-refractivity contribution in [3.63, 3.8) is 0 Å². The van der Waals surface area contributed by atoms with E-state index in [4.69, 9.17) is 0 Å². The van der Waals surface area contributed by atoms with Gasteiger partial charge >= 0.3 is 6.18 Å².